The molecule has 2 aliphatic heterocycles. The van der Waals surface area contributed by atoms with Gasteiger partial charge in [0.1, 0.15) is 5.75 Å². The van der Waals surface area contributed by atoms with E-state index in [1.54, 1.807) is 0 Å². The number of benzene rings is 1. The fourth-order valence-electron chi connectivity index (χ4n) is 3.27. The molecule has 19 heavy (non-hydrogen) atoms. The van der Waals surface area contributed by atoms with Crippen molar-refractivity contribution in [2.45, 2.75) is 38.9 Å². The van der Waals surface area contributed by atoms with E-state index in [1.807, 2.05) is 0 Å². The van der Waals surface area contributed by atoms with Crippen LogP contribution in [0.25, 0.3) is 0 Å². The summed E-state index contributed by atoms with van der Waals surface area (Å²) in [5, 5.41) is 3.58. The highest BCUT2D eigenvalue weighted by Crippen LogP contribution is 2.33. The molecule has 1 N–H and O–H groups in total. The molecule has 0 radical (unpaired) electrons. The van der Waals surface area contributed by atoms with Crippen LogP contribution in [0.15, 0.2) is 16.6 Å². The molecule has 0 bridgehead atoms. The molecule has 3 rings (SSSR count). The minimum absolute atomic E-state index is 0.560. The lowest BCUT2D eigenvalue weighted by atomic mass is 10.1. The Morgan fingerprint density at radius 1 is 1.32 bits per heavy atom. The van der Waals surface area contributed by atoms with Crippen molar-refractivity contribution in [1.82, 2.24) is 10.2 Å². The average molecular weight is 325 g/mol. The van der Waals surface area contributed by atoms with Gasteiger partial charge < -0.3 is 10.1 Å². The summed E-state index contributed by atoms with van der Waals surface area (Å²) in [6, 6.07) is 5.52. The van der Waals surface area contributed by atoms with E-state index in [4.69, 9.17) is 4.74 Å². The first-order valence-electron chi connectivity index (χ1n) is 7.04. The number of nitrogens with zero attached hydrogens (tertiary/aromatic N) is 1. The molecule has 2 aliphatic rings. The number of hydrogen-bond acceptors (Lipinski definition) is 3. The van der Waals surface area contributed by atoms with Crippen molar-refractivity contribution < 1.29 is 4.74 Å². The van der Waals surface area contributed by atoms with E-state index in [9.17, 15) is 0 Å². The SMILES string of the molecule is CC1CN(Cc2cc(Br)cc3c2OCC3)CC(C)N1. The van der Waals surface area contributed by atoms with E-state index < -0.39 is 0 Å². The molecule has 0 amide bonds. The lowest BCUT2D eigenvalue weighted by Gasteiger charge is -2.36. The smallest absolute Gasteiger partial charge is 0.127 e. The first-order chi connectivity index (χ1) is 9.11. The summed E-state index contributed by atoms with van der Waals surface area (Å²) in [5.74, 6) is 1.13. The maximum atomic E-state index is 5.82. The molecule has 3 nitrogen and oxygen atoms in total. The molecule has 0 aromatic heterocycles. The molecule has 0 saturated carbocycles. The Labute approximate surface area is 123 Å². The Hall–Kier alpha value is -0.580. The Balaban J connectivity index is 1.80. The fraction of sp³-hybridized carbons (Fsp3) is 0.600. The number of hydrogen-bond donors (Lipinski definition) is 1. The highest BCUT2D eigenvalue weighted by atomic mass is 79.9. The number of nitrogens with one attached hydrogen (secondary N) is 1. The topological polar surface area (TPSA) is 24.5 Å². The van der Waals surface area contributed by atoms with Crippen molar-refractivity contribution >= 4 is 15.9 Å². The van der Waals surface area contributed by atoms with Gasteiger partial charge in [0.15, 0.2) is 0 Å². The van der Waals surface area contributed by atoms with Crippen molar-refractivity contribution in [3.63, 3.8) is 0 Å². The van der Waals surface area contributed by atoms with Crippen LogP contribution in [0.5, 0.6) is 5.75 Å². The first kappa shape index (κ1) is 13.4. The standard InChI is InChI=1S/C15H21BrN2O/c1-10-7-18(8-11(2)17-10)9-13-6-14(16)5-12-3-4-19-15(12)13/h5-6,10-11,17H,3-4,7-9H2,1-2H3. The minimum Gasteiger partial charge on any atom is -0.493 e. The van der Waals surface area contributed by atoms with Crippen LogP contribution in [-0.2, 0) is 13.0 Å². The van der Waals surface area contributed by atoms with Gasteiger partial charge >= 0.3 is 0 Å². The van der Waals surface area contributed by atoms with Crippen molar-refractivity contribution in [3.05, 3.63) is 27.7 Å². The van der Waals surface area contributed by atoms with Gasteiger partial charge in [-0.1, -0.05) is 15.9 Å². The number of ether oxygens (including phenoxy) is 1. The van der Waals surface area contributed by atoms with Gasteiger partial charge in [0.25, 0.3) is 0 Å². The number of fused-ring (bicyclic) bond motifs is 1. The van der Waals surface area contributed by atoms with Gasteiger partial charge in [-0.2, -0.15) is 0 Å². The highest BCUT2D eigenvalue weighted by molar-refractivity contribution is 9.10. The predicted molar refractivity (Wildman–Crippen MR) is 80.7 cm³/mol. The number of halogens is 1. The third-order valence-electron chi connectivity index (χ3n) is 3.85. The summed E-state index contributed by atoms with van der Waals surface area (Å²) >= 11 is 3.62. The van der Waals surface area contributed by atoms with Gasteiger partial charge in [-0.3, -0.25) is 4.90 Å². The largest absolute Gasteiger partial charge is 0.493 e. The molecule has 2 unspecified atom stereocenters. The Morgan fingerprint density at radius 2 is 2.05 bits per heavy atom. The van der Waals surface area contributed by atoms with E-state index in [0.29, 0.717) is 12.1 Å². The maximum Gasteiger partial charge on any atom is 0.127 e. The second-order valence-corrected chi connectivity index (χ2v) is 6.73. The molecule has 1 saturated heterocycles. The fourth-order valence-corrected chi connectivity index (χ4v) is 3.83. The molecule has 2 atom stereocenters. The molecule has 0 aliphatic carbocycles. The molecule has 2 heterocycles. The van der Waals surface area contributed by atoms with Gasteiger partial charge in [-0.25, -0.2) is 0 Å². The third kappa shape index (κ3) is 2.96. The molecule has 4 heteroatoms. The van der Waals surface area contributed by atoms with E-state index in [2.05, 4.69) is 52.1 Å². The lowest BCUT2D eigenvalue weighted by molar-refractivity contribution is 0.165. The Morgan fingerprint density at radius 3 is 2.79 bits per heavy atom. The zero-order valence-electron chi connectivity index (χ0n) is 11.6. The van der Waals surface area contributed by atoms with Crippen LogP contribution in [0.3, 0.4) is 0 Å². The molecule has 1 aromatic carbocycles. The predicted octanol–water partition coefficient (Wildman–Crippen LogP) is 2.57. The summed E-state index contributed by atoms with van der Waals surface area (Å²) in [6.45, 7) is 8.53. The summed E-state index contributed by atoms with van der Waals surface area (Å²) in [5.41, 5.74) is 2.67. The monoisotopic (exact) mass is 324 g/mol. The van der Waals surface area contributed by atoms with Crippen molar-refractivity contribution in [2.24, 2.45) is 0 Å². The number of rotatable bonds is 2. The minimum atomic E-state index is 0.560. The van der Waals surface area contributed by atoms with Crippen molar-refractivity contribution in [3.8, 4) is 5.75 Å². The van der Waals surface area contributed by atoms with Gasteiger partial charge in [-0.15, -0.1) is 0 Å². The van der Waals surface area contributed by atoms with Crippen LogP contribution >= 0.6 is 15.9 Å². The van der Waals surface area contributed by atoms with Crippen LogP contribution in [0.2, 0.25) is 0 Å². The molecule has 0 spiro atoms. The maximum absolute atomic E-state index is 5.82. The zero-order valence-corrected chi connectivity index (χ0v) is 13.2. The van der Waals surface area contributed by atoms with E-state index in [-0.39, 0.29) is 0 Å². The summed E-state index contributed by atoms with van der Waals surface area (Å²) in [6.07, 6.45) is 1.04. The zero-order chi connectivity index (χ0) is 13.4. The second-order valence-electron chi connectivity index (χ2n) is 5.81. The van der Waals surface area contributed by atoms with Gasteiger partial charge in [0.2, 0.25) is 0 Å². The molecular formula is C15H21BrN2O. The van der Waals surface area contributed by atoms with E-state index >= 15 is 0 Å². The van der Waals surface area contributed by atoms with Crippen LogP contribution in [0, 0.1) is 0 Å². The van der Waals surface area contributed by atoms with Gasteiger partial charge in [0, 0.05) is 48.2 Å². The van der Waals surface area contributed by atoms with Crippen molar-refractivity contribution in [1.29, 1.82) is 0 Å². The van der Waals surface area contributed by atoms with Crippen LogP contribution in [-0.4, -0.2) is 36.7 Å². The average Bonchev–Trinajstić information content (AvgIpc) is 2.75. The molecule has 1 fully saturated rings. The summed E-state index contributed by atoms with van der Waals surface area (Å²) in [4.78, 5) is 2.52. The summed E-state index contributed by atoms with van der Waals surface area (Å²) in [7, 11) is 0. The molecule has 1 aromatic rings. The second kappa shape index (κ2) is 5.43. The van der Waals surface area contributed by atoms with Crippen LogP contribution in [0.1, 0.15) is 25.0 Å². The van der Waals surface area contributed by atoms with Crippen LogP contribution in [0.4, 0.5) is 0 Å². The summed E-state index contributed by atoms with van der Waals surface area (Å²) < 4.78 is 6.99. The third-order valence-corrected chi connectivity index (χ3v) is 4.31. The first-order valence-corrected chi connectivity index (χ1v) is 7.83. The Kier molecular flexibility index (Phi) is 3.83. The molecular weight excluding hydrogens is 304 g/mol. The molecule has 104 valence electrons. The van der Waals surface area contributed by atoms with Crippen LogP contribution < -0.4 is 10.1 Å². The normalized spacial score (nSPS) is 27.1. The van der Waals surface area contributed by atoms with Gasteiger partial charge in [-0.05, 0) is 31.5 Å². The van der Waals surface area contributed by atoms with Gasteiger partial charge in [0.05, 0.1) is 6.61 Å². The lowest BCUT2D eigenvalue weighted by Crippen LogP contribution is -2.53. The van der Waals surface area contributed by atoms with E-state index in [1.165, 1.54) is 15.6 Å². The number of piperazine rings is 1. The van der Waals surface area contributed by atoms with E-state index in [0.717, 1.165) is 38.4 Å². The van der Waals surface area contributed by atoms with Crippen molar-refractivity contribution in [2.75, 3.05) is 19.7 Å². The quantitative estimate of drug-likeness (QED) is 0.904. The highest BCUT2D eigenvalue weighted by Gasteiger charge is 2.24. The Bertz CT molecular complexity index is 467.